The number of amides is 1. The molecular weight excluding hydrogens is 248 g/mol. The van der Waals surface area contributed by atoms with Gasteiger partial charge in [0.1, 0.15) is 0 Å². The van der Waals surface area contributed by atoms with Crippen LogP contribution in [-0.4, -0.2) is 29.9 Å². The van der Waals surface area contributed by atoms with Gasteiger partial charge in [-0.1, -0.05) is 30.3 Å². The van der Waals surface area contributed by atoms with E-state index in [1.165, 1.54) is 5.56 Å². The fourth-order valence-corrected chi connectivity index (χ4v) is 2.91. The van der Waals surface area contributed by atoms with Crippen molar-refractivity contribution >= 4 is 5.91 Å². The monoisotopic (exact) mass is 274 g/mol. The highest BCUT2D eigenvalue weighted by molar-refractivity contribution is 5.76. The Hall–Kier alpha value is -1.35. The molecule has 2 atom stereocenters. The van der Waals surface area contributed by atoms with Crippen LogP contribution in [0.1, 0.15) is 38.2 Å². The highest BCUT2D eigenvalue weighted by Gasteiger charge is 2.25. The Morgan fingerprint density at radius 3 is 2.85 bits per heavy atom. The van der Waals surface area contributed by atoms with Crippen LogP contribution in [0.2, 0.25) is 0 Å². The van der Waals surface area contributed by atoms with Gasteiger partial charge in [0.05, 0.1) is 0 Å². The molecule has 20 heavy (non-hydrogen) atoms. The first-order valence-corrected chi connectivity index (χ1v) is 7.74. The first kappa shape index (κ1) is 15.0. The van der Waals surface area contributed by atoms with E-state index in [1.54, 1.807) is 0 Å². The van der Waals surface area contributed by atoms with E-state index in [1.807, 2.05) is 17.9 Å². The van der Waals surface area contributed by atoms with E-state index in [0.29, 0.717) is 18.2 Å². The first-order chi connectivity index (χ1) is 9.66. The third-order valence-corrected chi connectivity index (χ3v) is 4.25. The van der Waals surface area contributed by atoms with Crippen LogP contribution >= 0.6 is 0 Å². The van der Waals surface area contributed by atoms with Gasteiger partial charge in [0, 0.05) is 25.6 Å². The van der Waals surface area contributed by atoms with Crippen LogP contribution in [0.25, 0.3) is 0 Å². The molecule has 0 bridgehead atoms. The lowest BCUT2D eigenvalue weighted by Crippen LogP contribution is -2.45. The van der Waals surface area contributed by atoms with Crippen molar-refractivity contribution in [3.63, 3.8) is 0 Å². The van der Waals surface area contributed by atoms with Crippen molar-refractivity contribution in [2.75, 3.05) is 13.1 Å². The summed E-state index contributed by atoms with van der Waals surface area (Å²) in [7, 11) is 0. The van der Waals surface area contributed by atoms with Crippen LogP contribution in [0.15, 0.2) is 30.3 Å². The zero-order chi connectivity index (χ0) is 14.4. The molecule has 3 nitrogen and oxygen atoms in total. The topological polar surface area (TPSA) is 46.3 Å². The molecule has 2 rings (SSSR count). The van der Waals surface area contributed by atoms with Crippen molar-refractivity contribution in [2.45, 2.75) is 45.1 Å². The van der Waals surface area contributed by atoms with E-state index in [9.17, 15) is 4.79 Å². The summed E-state index contributed by atoms with van der Waals surface area (Å²) in [6.45, 7) is 3.81. The number of likely N-dealkylation sites (tertiary alicyclic amines) is 1. The molecule has 1 amide bonds. The smallest absolute Gasteiger partial charge is 0.222 e. The predicted molar refractivity (Wildman–Crippen MR) is 82.3 cm³/mol. The SMILES string of the molecule is CC(N)C1CCCN(C(=O)CCCc2ccccc2)C1. The molecular formula is C17H26N2O. The van der Waals surface area contributed by atoms with E-state index in [2.05, 4.69) is 24.3 Å². The summed E-state index contributed by atoms with van der Waals surface area (Å²) in [4.78, 5) is 14.3. The molecule has 1 heterocycles. The Morgan fingerprint density at radius 1 is 1.40 bits per heavy atom. The summed E-state index contributed by atoms with van der Waals surface area (Å²) in [5.74, 6) is 0.771. The maximum atomic E-state index is 12.2. The first-order valence-electron chi connectivity index (χ1n) is 7.74. The molecule has 1 aromatic carbocycles. The van der Waals surface area contributed by atoms with Crippen LogP contribution in [0, 0.1) is 5.92 Å². The van der Waals surface area contributed by atoms with E-state index in [4.69, 9.17) is 5.73 Å². The van der Waals surface area contributed by atoms with Gasteiger partial charge in [0.25, 0.3) is 0 Å². The van der Waals surface area contributed by atoms with Crippen LogP contribution in [0.3, 0.4) is 0 Å². The Bertz CT molecular complexity index is 416. The molecule has 1 fully saturated rings. The lowest BCUT2D eigenvalue weighted by Gasteiger charge is -2.34. The molecule has 1 aliphatic rings. The number of aryl methyl sites for hydroxylation is 1. The fraction of sp³-hybridized carbons (Fsp3) is 0.588. The van der Waals surface area contributed by atoms with Gasteiger partial charge in [-0.05, 0) is 44.1 Å². The molecule has 1 saturated heterocycles. The summed E-state index contributed by atoms with van der Waals surface area (Å²) in [6, 6.07) is 10.6. The van der Waals surface area contributed by atoms with Crippen molar-refractivity contribution in [1.82, 2.24) is 4.90 Å². The molecule has 3 heteroatoms. The van der Waals surface area contributed by atoms with Crippen LogP contribution < -0.4 is 5.73 Å². The second kappa shape index (κ2) is 7.44. The van der Waals surface area contributed by atoms with E-state index in [-0.39, 0.29) is 6.04 Å². The minimum atomic E-state index is 0.190. The third kappa shape index (κ3) is 4.34. The highest BCUT2D eigenvalue weighted by Crippen LogP contribution is 2.19. The maximum Gasteiger partial charge on any atom is 0.222 e. The maximum absolute atomic E-state index is 12.2. The number of hydrogen-bond donors (Lipinski definition) is 1. The lowest BCUT2D eigenvalue weighted by atomic mass is 9.92. The van der Waals surface area contributed by atoms with Crippen molar-refractivity contribution in [3.8, 4) is 0 Å². The third-order valence-electron chi connectivity index (χ3n) is 4.25. The van der Waals surface area contributed by atoms with E-state index in [0.717, 1.165) is 38.8 Å². The van der Waals surface area contributed by atoms with Gasteiger partial charge in [-0.25, -0.2) is 0 Å². The second-order valence-corrected chi connectivity index (χ2v) is 5.94. The van der Waals surface area contributed by atoms with Gasteiger partial charge in [0.2, 0.25) is 5.91 Å². The van der Waals surface area contributed by atoms with Crippen LogP contribution in [0.4, 0.5) is 0 Å². The van der Waals surface area contributed by atoms with E-state index < -0.39 is 0 Å². The van der Waals surface area contributed by atoms with Crippen molar-refractivity contribution in [3.05, 3.63) is 35.9 Å². The number of piperidine rings is 1. The molecule has 1 aliphatic heterocycles. The standard InChI is InChI=1S/C17H26N2O/c1-14(18)16-10-6-12-19(13-16)17(20)11-5-9-15-7-3-2-4-8-15/h2-4,7-8,14,16H,5-6,9-13,18H2,1H3. The molecule has 0 aliphatic carbocycles. The average molecular weight is 274 g/mol. The molecule has 0 spiro atoms. The number of hydrogen-bond acceptors (Lipinski definition) is 2. The Kier molecular flexibility index (Phi) is 5.60. The number of benzene rings is 1. The van der Waals surface area contributed by atoms with Gasteiger partial charge in [-0.3, -0.25) is 4.79 Å². The number of nitrogens with two attached hydrogens (primary N) is 1. The second-order valence-electron chi connectivity index (χ2n) is 5.94. The molecule has 2 N–H and O–H groups in total. The number of nitrogens with zero attached hydrogens (tertiary/aromatic N) is 1. The average Bonchev–Trinajstić information content (AvgIpc) is 2.48. The molecule has 0 aromatic heterocycles. The van der Waals surface area contributed by atoms with E-state index >= 15 is 0 Å². The quantitative estimate of drug-likeness (QED) is 0.897. The van der Waals surface area contributed by atoms with Gasteiger partial charge < -0.3 is 10.6 Å². The van der Waals surface area contributed by atoms with Crippen molar-refractivity contribution < 1.29 is 4.79 Å². The highest BCUT2D eigenvalue weighted by atomic mass is 16.2. The van der Waals surface area contributed by atoms with Gasteiger partial charge in [-0.15, -0.1) is 0 Å². The zero-order valence-electron chi connectivity index (χ0n) is 12.4. The number of carbonyl (C=O) groups excluding carboxylic acids is 1. The minimum Gasteiger partial charge on any atom is -0.342 e. The Balaban J connectivity index is 1.74. The Morgan fingerprint density at radius 2 is 2.15 bits per heavy atom. The van der Waals surface area contributed by atoms with Crippen LogP contribution in [0.5, 0.6) is 0 Å². The summed E-state index contributed by atoms with van der Waals surface area (Å²) < 4.78 is 0. The zero-order valence-corrected chi connectivity index (χ0v) is 12.4. The van der Waals surface area contributed by atoms with Gasteiger partial charge in [0.15, 0.2) is 0 Å². The fourth-order valence-electron chi connectivity index (χ4n) is 2.91. The summed E-state index contributed by atoms with van der Waals surface area (Å²) in [5.41, 5.74) is 7.28. The largest absolute Gasteiger partial charge is 0.342 e. The summed E-state index contributed by atoms with van der Waals surface area (Å²) in [5, 5.41) is 0. The molecule has 2 unspecified atom stereocenters. The number of rotatable bonds is 5. The van der Waals surface area contributed by atoms with Crippen LogP contribution in [-0.2, 0) is 11.2 Å². The molecule has 110 valence electrons. The summed E-state index contributed by atoms with van der Waals surface area (Å²) >= 11 is 0. The minimum absolute atomic E-state index is 0.190. The molecule has 1 aromatic rings. The van der Waals surface area contributed by atoms with Crippen molar-refractivity contribution in [1.29, 1.82) is 0 Å². The number of carbonyl (C=O) groups is 1. The summed E-state index contributed by atoms with van der Waals surface area (Å²) in [6.07, 6.45) is 4.82. The molecule has 0 saturated carbocycles. The predicted octanol–water partition coefficient (Wildman–Crippen LogP) is 2.60. The normalized spacial score (nSPS) is 20.7. The van der Waals surface area contributed by atoms with Gasteiger partial charge >= 0.3 is 0 Å². The van der Waals surface area contributed by atoms with Crippen molar-refractivity contribution in [2.24, 2.45) is 11.7 Å². The molecule has 0 radical (unpaired) electrons. The lowest BCUT2D eigenvalue weighted by molar-refractivity contribution is -0.133. The Labute approximate surface area is 122 Å². The van der Waals surface area contributed by atoms with Gasteiger partial charge in [-0.2, -0.15) is 0 Å².